The number of amides is 3. The smallest absolute Gasteiger partial charge is 0.338 e. The van der Waals surface area contributed by atoms with Gasteiger partial charge in [-0.15, -0.1) is 0 Å². The molecule has 1 aliphatic rings. The highest BCUT2D eigenvalue weighted by Crippen LogP contribution is 2.37. The van der Waals surface area contributed by atoms with Gasteiger partial charge in [-0.25, -0.2) is 19.4 Å². The summed E-state index contributed by atoms with van der Waals surface area (Å²) in [6, 6.07) is 12.7. The zero-order chi connectivity index (χ0) is 33.9. The molecule has 0 saturated heterocycles. The molecule has 14 heteroatoms. The Balaban J connectivity index is 1.38. The maximum atomic E-state index is 13.2. The Morgan fingerprint density at radius 2 is 1.77 bits per heavy atom. The maximum absolute atomic E-state index is 13.2. The van der Waals surface area contributed by atoms with Crippen LogP contribution >= 0.6 is 11.6 Å². The minimum absolute atomic E-state index is 0.150. The van der Waals surface area contributed by atoms with E-state index in [-0.39, 0.29) is 41.1 Å². The topological polar surface area (TPSA) is 146 Å². The number of hydrogen-bond acceptors (Lipinski definition) is 9. The molecule has 12 nitrogen and oxygen atoms in total. The number of carbonyl (C=O) groups is 3. The molecular formula is C33H34ClFN4O8. The fourth-order valence-corrected chi connectivity index (χ4v) is 4.84. The molecule has 1 heterocycles. The number of allylic oxidation sites excluding steroid dienone is 1. The summed E-state index contributed by atoms with van der Waals surface area (Å²) in [5.41, 5.74) is 4.83. The molecule has 0 saturated carbocycles. The van der Waals surface area contributed by atoms with Crippen LogP contribution in [0.5, 0.6) is 23.0 Å². The molecule has 0 spiro atoms. The molecular weight excluding hydrogens is 635 g/mol. The summed E-state index contributed by atoms with van der Waals surface area (Å²) in [5, 5.41) is 9.54. The molecule has 3 amide bonds. The minimum Gasteiger partial charge on any atom is -0.493 e. The van der Waals surface area contributed by atoms with Crippen molar-refractivity contribution in [1.82, 2.24) is 16.1 Å². The average Bonchev–Trinajstić information content (AvgIpc) is 3.04. The maximum Gasteiger partial charge on any atom is 0.338 e. The molecule has 248 valence electrons. The molecule has 1 atom stereocenters. The first-order valence-corrected chi connectivity index (χ1v) is 14.9. The van der Waals surface area contributed by atoms with Crippen molar-refractivity contribution in [1.29, 1.82) is 0 Å². The number of esters is 1. The van der Waals surface area contributed by atoms with Gasteiger partial charge in [-0.2, -0.15) is 5.10 Å². The quantitative estimate of drug-likeness (QED) is 0.121. The average molecular weight is 669 g/mol. The Morgan fingerprint density at radius 1 is 1.00 bits per heavy atom. The highest BCUT2D eigenvalue weighted by molar-refractivity contribution is 6.32. The molecule has 3 aromatic carbocycles. The highest BCUT2D eigenvalue weighted by Gasteiger charge is 2.32. The van der Waals surface area contributed by atoms with E-state index < -0.39 is 30.6 Å². The summed E-state index contributed by atoms with van der Waals surface area (Å²) in [5.74, 6) is -0.261. The van der Waals surface area contributed by atoms with Gasteiger partial charge in [-0.3, -0.25) is 4.79 Å². The first kappa shape index (κ1) is 34.6. The fraction of sp³-hybridized carbons (Fsp3) is 0.273. The van der Waals surface area contributed by atoms with E-state index in [1.165, 1.54) is 25.5 Å². The number of ether oxygens (including phenoxy) is 5. The Bertz CT molecular complexity index is 1680. The number of hydrazone groups is 1. The number of halogens is 2. The summed E-state index contributed by atoms with van der Waals surface area (Å²) in [6.45, 7) is 5.38. The van der Waals surface area contributed by atoms with Crippen LogP contribution in [-0.4, -0.2) is 51.1 Å². The number of rotatable bonds is 14. The molecule has 0 bridgehead atoms. The molecule has 3 N–H and O–H groups in total. The van der Waals surface area contributed by atoms with Gasteiger partial charge in [0.2, 0.25) is 0 Å². The van der Waals surface area contributed by atoms with Crippen molar-refractivity contribution < 1.29 is 42.5 Å². The molecule has 3 aromatic rings. The second-order valence-electron chi connectivity index (χ2n) is 9.96. The Morgan fingerprint density at radius 3 is 2.47 bits per heavy atom. The van der Waals surface area contributed by atoms with Gasteiger partial charge in [0.15, 0.2) is 29.6 Å². The second-order valence-corrected chi connectivity index (χ2v) is 10.4. The lowest BCUT2D eigenvalue weighted by Gasteiger charge is -2.28. The molecule has 0 aliphatic carbocycles. The van der Waals surface area contributed by atoms with Gasteiger partial charge in [0, 0.05) is 5.70 Å². The third-order valence-electron chi connectivity index (χ3n) is 6.68. The number of nitrogens with one attached hydrogen (secondary N) is 3. The number of nitrogens with zero attached hydrogens (tertiary/aromatic N) is 1. The first-order valence-electron chi connectivity index (χ1n) is 14.5. The lowest BCUT2D eigenvalue weighted by Crippen LogP contribution is -2.45. The van der Waals surface area contributed by atoms with Gasteiger partial charge in [-0.1, -0.05) is 29.8 Å². The third kappa shape index (κ3) is 9.13. The molecule has 0 unspecified atom stereocenters. The number of carbonyl (C=O) groups excluding carboxylic acids is 3. The van der Waals surface area contributed by atoms with Crippen LogP contribution in [0.2, 0.25) is 5.02 Å². The summed E-state index contributed by atoms with van der Waals surface area (Å²) in [7, 11) is 1.42. The standard InChI is InChI=1S/C33H34ClFN4O8/c1-5-44-27-14-21(13-24(34)31(27)47-17-20-7-10-23(35)11-8-20)16-36-39-28(40)18-46-25-12-9-22(15-26(25)43-4)30-29(32(41)45-6-2)19(3)37-33(42)38-30/h7-16,30H,5-6,17-18H2,1-4H3,(H,39,40)(H2,37,38,42)/b36-16-/t30-/m0/s1. The summed E-state index contributed by atoms with van der Waals surface area (Å²) >= 11 is 6.47. The van der Waals surface area contributed by atoms with Crippen molar-refractivity contribution in [2.45, 2.75) is 33.4 Å². The van der Waals surface area contributed by atoms with Gasteiger partial charge in [-0.05, 0) is 73.9 Å². The van der Waals surface area contributed by atoms with E-state index in [4.69, 9.17) is 35.3 Å². The van der Waals surface area contributed by atoms with E-state index in [1.807, 2.05) is 6.92 Å². The Labute approximate surface area is 275 Å². The molecule has 47 heavy (non-hydrogen) atoms. The van der Waals surface area contributed by atoms with Crippen molar-refractivity contribution in [3.05, 3.63) is 93.4 Å². The zero-order valence-electron chi connectivity index (χ0n) is 26.1. The molecule has 0 radical (unpaired) electrons. The predicted octanol–water partition coefficient (Wildman–Crippen LogP) is 5.19. The van der Waals surface area contributed by atoms with Gasteiger partial charge >= 0.3 is 12.0 Å². The summed E-state index contributed by atoms with van der Waals surface area (Å²) in [4.78, 5) is 37.3. The van der Waals surface area contributed by atoms with Crippen LogP contribution in [0.1, 0.15) is 43.5 Å². The van der Waals surface area contributed by atoms with Gasteiger partial charge in [0.25, 0.3) is 5.91 Å². The third-order valence-corrected chi connectivity index (χ3v) is 6.96. The Hall–Kier alpha value is -5.30. The van der Waals surface area contributed by atoms with Crippen LogP contribution in [0.4, 0.5) is 9.18 Å². The van der Waals surface area contributed by atoms with Crippen molar-refractivity contribution >= 4 is 35.7 Å². The van der Waals surface area contributed by atoms with Crippen LogP contribution in [-0.2, 0) is 20.9 Å². The van der Waals surface area contributed by atoms with E-state index in [9.17, 15) is 18.8 Å². The van der Waals surface area contributed by atoms with Crippen LogP contribution in [0.15, 0.2) is 71.0 Å². The van der Waals surface area contributed by atoms with Gasteiger partial charge in [0.1, 0.15) is 12.4 Å². The van der Waals surface area contributed by atoms with E-state index >= 15 is 0 Å². The number of benzene rings is 3. The van der Waals surface area contributed by atoms with E-state index in [2.05, 4.69) is 21.2 Å². The monoisotopic (exact) mass is 668 g/mol. The van der Waals surface area contributed by atoms with Crippen LogP contribution in [0.3, 0.4) is 0 Å². The first-order chi connectivity index (χ1) is 22.6. The predicted molar refractivity (Wildman–Crippen MR) is 171 cm³/mol. The Kier molecular flexibility index (Phi) is 12.0. The molecule has 0 aromatic heterocycles. The minimum atomic E-state index is -0.796. The van der Waals surface area contributed by atoms with Crippen LogP contribution in [0.25, 0.3) is 0 Å². The van der Waals surface area contributed by atoms with E-state index in [0.29, 0.717) is 34.9 Å². The van der Waals surface area contributed by atoms with Crippen molar-refractivity contribution in [3.8, 4) is 23.0 Å². The molecule has 0 fully saturated rings. The fourth-order valence-electron chi connectivity index (χ4n) is 4.56. The lowest BCUT2D eigenvalue weighted by molar-refractivity contribution is -0.139. The van der Waals surface area contributed by atoms with Crippen LogP contribution in [0, 0.1) is 5.82 Å². The highest BCUT2D eigenvalue weighted by atomic mass is 35.5. The van der Waals surface area contributed by atoms with Gasteiger partial charge in [0.05, 0.1) is 43.2 Å². The van der Waals surface area contributed by atoms with Crippen molar-refractivity contribution in [3.63, 3.8) is 0 Å². The van der Waals surface area contributed by atoms with Crippen molar-refractivity contribution in [2.75, 3.05) is 26.9 Å². The number of hydrogen-bond donors (Lipinski definition) is 3. The summed E-state index contributed by atoms with van der Waals surface area (Å²) < 4.78 is 41.0. The largest absolute Gasteiger partial charge is 0.493 e. The summed E-state index contributed by atoms with van der Waals surface area (Å²) in [6.07, 6.45) is 1.38. The zero-order valence-corrected chi connectivity index (χ0v) is 26.9. The number of urea groups is 1. The lowest BCUT2D eigenvalue weighted by atomic mass is 9.95. The number of methoxy groups -OCH3 is 1. The molecule has 1 aliphatic heterocycles. The normalized spacial score (nSPS) is 14.3. The van der Waals surface area contributed by atoms with E-state index in [1.54, 1.807) is 56.3 Å². The second kappa shape index (κ2) is 16.3. The van der Waals surface area contributed by atoms with Crippen molar-refractivity contribution in [2.24, 2.45) is 5.10 Å². The van der Waals surface area contributed by atoms with E-state index in [0.717, 1.165) is 5.56 Å². The SMILES string of the molecule is CCOC(=O)C1=C(C)NC(=O)N[C@H]1c1ccc(OCC(=O)N/N=C\c2cc(Cl)c(OCc3ccc(F)cc3)c(OCC)c2)c(OC)c1. The van der Waals surface area contributed by atoms with Gasteiger partial charge < -0.3 is 34.3 Å². The van der Waals surface area contributed by atoms with Crippen LogP contribution < -0.4 is 35.0 Å². The molecule has 4 rings (SSSR count).